The minimum Gasteiger partial charge on any atom is -0.507 e. The van der Waals surface area contributed by atoms with Crippen LogP contribution in [0, 0.1) is 6.92 Å². The molecule has 0 aliphatic heterocycles. The molecule has 4 heteroatoms. The minimum atomic E-state index is 0.0884. The third kappa shape index (κ3) is 3.97. The van der Waals surface area contributed by atoms with Gasteiger partial charge in [0.1, 0.15) is 11.5 Å². The van der Waals surface area contributed by atoms with Gasteiger partial charge in [-0.15, -0.1) is 11.3 Å². The molecule has 2 aromatic carbocycles. The summed E-state index contributed by atoms with van der Waals surface area (Å²) in [6.45, 7) is 10.2. The zero-order valence-corrected chi connectivity index (χ0v) is 17.6. The SMILES string of the molecule is C=C(C)c1ccc(C)cc1-c1c(O)cc(CCCCC)c(-c2cscn2)c1O. The largest absolute Gasteiger partial charge is 0.507 e. The highest BCUT2D eigenvalue weighted by atomic mass is 32.1. The Morgan fingerprint density at radius 3 is 2.57 bits per heavy atom. The standard InChI is InChI=1S/C24H27NO2S/c1-5-6-7-8-17-12-21(26)23(24(27)22(17)20-13-28-14-25-20)19-11-16(4)9-10-18(19)15(2)3/h9-14,26-27H,2,5-8H2,1,3-4H3. The van der Waals surface area contributed by atoms with E-state index in [1.54, 1.807) is 11.6 Å². The highest BCUT2D eigenvalue weighted by molar-refractivity contribution is 7.07. The summed E-state index contributed by atoms with van der Waals surface area (Å²) in [6.07, 6.45) is 4.03. The van der Waals surface area contributed by atoms with Crippen LogP contribution in [0.5, 0.6) is 11.5 Å². The third-order valence-corrected chi connectivity index (χ3v) is 5.59. The molecule has 0 radical (unpaired) electrons. The van der Waals surface area contributed by atoms with Crippen molar-refractivity contribution in [3.63, 3.8) is 0 Å². The summed E-state index contributed by atoms with van der Waals surface area (Å²) >= 11 is 1.50. The van der Waals surface area contributed by atoms with E-state index in [4.69, 9.17) is 0 Å². The van der Waals surface area contributed by atoms with Crippen LogP contribution in [0.1, 0.15) is 49.8 Å². The molecule has 1 aromatic heterocycles. The number of thiazole rings is 1. The van der Waals surface area contributed by atoms with Crippen LogP contribution >= 0.6 is 11.3 Å². The number of phenolic OH excluding ortho intramolecular Hbond substituents is 2. The Labute approximate surface area is 171 Å². The van der Waals surface area contributed by atoms with Crippen molar-refractivity contribution >= 4 is 16.9 Å². The Hall–Kier alpha value is -2.59. The van der Waals surface area contributed by atoms with E-state index in [0.29, 0.717) is 5.56 Å². The Bertz CT molecular complexity index is 990. The second-order valence-corrected chi connectivity index (χ2v) is 8.03. The molecule has 0 atom stereocenters. The van der Waals surface area contributed by atoms with Gasteiger partial charge in [0.15, 0.2) is 0 Å². The molecule has 3 rings (SSSR count). The average molecular weight is 394 g/mol. The Morgan fingerprint density at radius 1 is 1.14 bits per heavy atom. The average Bonchev–Trinajstić information content (AvgIpc) is 3.15. The number of phenols is 2. The lowest BCUT2D eigenvalue weighted by molar-refractivity contribution is 0.454. The predicted molar refractivity (Wildman–Crippen MR) is 119 cm³/mol. The number of aromatic nitrogens is 1. The smallest absolute Gasteiger partial charge is 0.136 e. The molecule has 0 aliphatic rings. The van der Waals surface area contributed by atoms with Crippen molar-refractivity contribution in [2.75, 3.05) is 0 Å². The quantitative estimate of drug-likeness (QED) is 0.426. The Kier molecular flexibility index (Phi) is 6.20. The number of aromatic hydroxyl groups is 2. The highest BCUT2D eigenvalue weighted by Gasteiger charge is 2.23. The first kappa shape index (κ1) is 20.2. The lowest BCUT2D eigenvalue weighted by Gasteiger charge is -2.18. The fourth-order valence-corrected chi connectivity index (χ4v) is 4.14. The minimum absolute atomic E-state index is 0.0884. The zero-order chi connectivity index (χ0) is 20.3. The molecule has 28 heavy (non-hydrogen) atoms. The van der Waals surface area contributed by atoms with Crippen molar-refractivity contribution in [1.29, 1.82) is 0 Å². The van der Waals surface area contributed by atoms with Crippen LogP contribution in [-0.2, 0) is 6.42 Å². The molecule has 0 amide bonds. The summed E-state index contributed by atoms with van der Waals surface area (Å²) in [4.78, 5) is 4.44. The molecular formula is C24H27NO2S. The lowest BCUT2D eigenvalue weighted by Crippen LogP contribution is -1.96. The van der Waals surface area contributed by atoms with Gasteiger partial charge in [0.05, 0.1) is 16.8 Å². The molecule has 3 nitrogen and oxygen atoms in total. The molecule has 1 heterocycles. The van der Waals surface area contributed by atoms with Crippen LogP contribution in [0.15, 0.2) is 41.7 Å². The van der Waals surface area contributed by atoms with E-state index in [2.05, 4.69) is 18.5 Å². The number of rotatable bonds is 7. The first-order chi connectivity index (χ1) is 13.4. The highest BCUT2D eigenvalue weighted by Crippen LogP contribution is 2.48. The van der Waals surface area contributed by atoms with Gasteiger partial charge in [-0.2, -0.15) is 0 Å². The first-order valence-electron chi connectivity index (χ1n) is 9.67. The molecule has 0 saturated carbocycles. The van der Waals surface area contributed by atoms with Crippen LogP contribution in [0.4, 0.5) is 0 Å². The van der Waals surface area contributed by atoms with Crippen molar-refractivity contribution < 1.29 is 10.2 Å². The van der Waals surface area contributed by atoms with E-state index in [-0.39, 0.29) is 11.5 Å². The van der Waals surface area contributed by atoms with Crippen LogP contribution < -0.4 is 0 Å². The van der Waals surface area contributed by atoms with Crippen LogP contribution in [0.3, 0.4) is 0 Å². The van der Waals surface area contributed by atoms with E-state index in [9.17, 15) is 10.2 Å². The van der Waals surface area contributed by atoms with Gasteiger partial charge in [-0.1, -0.05) is 55.7 Å². The number of aryl methyl sites for hydroxylation is 2. The van der Waals surface area contributed by atoms with Gasteiger partial charge in [0, 0.05) is 10.9 Å². The molecule has 3 aromatic rings. The summed E-state index contributed by atoms with van der Waals surface area (Å²) in [5, 5.41) is 24.1. The summed E-state index contributed by atoms with van der Waals surface area (Å²) < 4.78 is 0. The maximum absolute atomic E-state index is 11.3. The van der Waals surface area contributed by atoms with Gasteiger partial charge in [0.2, 0.25) is 0 Å². The second kappa shape index (κ2) is 8.61. The molecule has 0 aliphatic carbocycles. The zero-order valence-electron chi connectivity index (χ0n) is 16.7. The Morgan fingerprint density at radius 2 is 1.93 bits per heavy atom. The van der Waals surface area contributed by atoms with Gasteiger partial charge in [0.25, 0.3) is 0 Å². The number of allylic oxidation sites excluding steroid dienone is 1. The summed E-state index contributed by atoms with van der Waals surface area (Å²) in [5.74, 6) is 0.182. The number of nitrogens with zero attached hydrogens (tertiary/aromatic N) is 1. The van der Waals surface area contributed by atoms with Crippen LogP contribution in [0.2, 0.25) is 0 Å². The van der Waals surface area contributed by atoms with Gasteiger partial charge >= 0.3 is 0 Å². The molecule has 0 unspecified atom stereocenters. The number of unbranched alkanes of at least 4 members (excludes halogenated alkanes) is 2. The van der Waals surface area contributed by atoms with E-state index in [0.717, 1.165) is 64.8 Å². The maximum Gasteiger partial charge on any atom is 0.136 e. The molecule has 0 fully saturated rings. The molecule has 0 bridgehead atoms. The van der Waals surface area contributed by atoms with Gasteiger partial charge in [-0.05, 0) is 49.4 Å². The van der Waals surface area contributed by atoms with Crippen molar-refractivity contribution in [2.45, 2.75) is 46.5 Å². The van der Waals surface area contributed by atoms with E-state index in [1.807, 2.05) is 37.4 Å². The van der Waals surface area contributed by atoms with Gasteiger partial charge in [-0.25, -0.2) is 4.98 Å². The van der Waals surface area contributed by atoms with E-state index in [1.165, 1.54) is 11.3 Å². The molecular weight excluding hydrogens is 366 g/mol. The summed E-state index contributed by atoms with van der Waals surface area (Å²) in [5.41, 5.74) is 8.27. The van der Waals surface area contributed by atoms with Crippen LogP contribution in [-0.4, -0.2) is 15.2 Å². The molecule has 0 saturated heterocycles. The third-order valence-electron chi connectivity index (χ3n) is 5.00. The molecule has 0 spiro atoms. The maximum atomic E-state index is 11.3. The van der Waals surface area contributed by atoms with Gasteiger partial charge < -0.3 is 10.2 Å². The lowest BCUT2D eigenvalue weighted by atomic mass is 9.88. The van der Waals surface area contributed by atoms with E-state index < -0.39 is 0 Å². The second-order valence-electron chi connectivity index (χ2n) is 7.31. The number of hydrogen-bond acceptors (Lipinski definition) is 4. The normalized spacial score (nSPS) is 11.0. The summed E-state index contributed by atoms with van der Waals surface area (Å²) in [6, 6.07) is 7.79. The Balaban J connectivity index is 2.26. The van der Waals surface area contributed by atoms with Gasteiger partial charge in [-0.3, -0.25) is 0 Å². The van der Waals surface area contributed by atoms with Crippen molar-refractivity contribution in [1.82, 2.24) is 4.98 Å². The molecule has 146 valence electrons. The van der Waals surface area contributed by atoms with Crippen molar-refractivity contribution in [3.05, 3.63) is 58.4 Å². The summed E-state index contributed by atoms with van der Waals surface area (Å²) in [7, 11) is 0. The molecule has 2 N–H and O–H groups in total. The number of hydrogen-bond donors (Lipinski definition) is 2. The van der Waals surface area contributed by atoms with Crippen molar-refractivity contribution in [3.8, 4) is 33.9 Å². The predicted octanol–water partition coefficient (Wildman–Crippen LogP) is 6.96. The van der Waals surface area contributed by atoms with Crippen molar-refractivity contribution in [2.24, 2.45) is 0 Å². The number of benzene rings is 2. The topological polar surface area (TPSA) is 53.4 Å². The fourth-order valence-electron chi connectivity index (χ4n) is 3.59. The fraction of sp³-hybridized carbons (Fsp3) is 0.292. The monoisotopic (exact) mass is 393 g/mol. The first-order valence-corrected chi connectivity index (χ1v) is 10.6. The van der Waals surface area contributed by atoms with Crippen LogP contribution in [0.25, 0.3) is 28.0 Å². The van der Waals surface area contributed by atoms with E-state index >= 15 is 0 Å².